The normalized spacial score (nSPS) is 22.0. The second kappa shape index (κ2) is 8.97. The third-order valence-corrected chi connectivity index (χ3v) is 5.00. The lowest BCUT2D eigenvalue weighted by Gasteiger charge is -2.38. The highest BCUT2D eigenvalue weighted by molar-refractivity contribution is 5.74. The van der Waals surface area contributed by atoms with Gasteiger partial charge >= 0.3 is 5.97 Å². The van der Waals surface area contributed by atoms with Crippen molar-refractivity contribution >= 4 is 5.97 Å². The molecule has 4 heteroatoms. The summed E-state index contributed by atoms with van der Waals surface area (Å²) in [5, 5.41) is 13.1. The van der Waals surface area contributed by atoms with Crippen LogP contribution in [0.3, 0.4) is 0 Å². The maximum atomic E-state index is 11.8. The third-order valence-electron chi connectivity index (χ3n) is 5.00. The molecule has 0 aromatic heterocycles. The molecule has 1 saturated heterocycles. The Morgan fingerprint density at radius 2 is 1.69 bits per heavy atom. The van der Waals surface area contributed by atoms with E-state index < -0.39 is 12.0 Å². The fourth-order valence-electron chi connectivity index (χ4n) is 3.91. The van der Waals surface area contributed by atoms with Gasteiger partial charge < -0.3 is 10.4 Å². The molecule has 0 spiro atoms. The van der Waals surface area contributed by atoms with Gasteiger partial charge in [-0.2, -0.15) is 0 Å². The van der Waals surface area contributed by atoms with Gasteiger partial charge in [-0.1, -0.05) is 67.6 Å². The molecule has 0 saturated carbocycles. The van der Waals surface area contributed by atoms with Gasteiger partial charge in [-0.15, -0.1) is 0 Å². The first-order valence-electron chi connectivity index (χ1n) is 9.39. The van der Waals surface area contributed by atoms with Crippen LogP contribution in [-0.2, 0) is 17.8 Å². The summed E-state index contributed by atoms with van der Waals surface area (Å²) >= 11 is 0. The van der Waals surface area contributed by atoms with Crippen LogP contribution >= 0.6 is 0 Å². The Kier molecular flexibility index (Phi) is 6.42. The SMILES string of the molecule is CC1CC(N[C@H](Cc2ccccc2)C(=O)O)CN(Cc2ccccc2)C1. The van der Waals surface area contributed by atoms with E-state index in [4.69, 9.17) is 0 Å². The van der Waals surface area contributed by atoms with Gasteiger partial charge in [0.2, 0.25) is 0 Å². The van der Waals surface area contributed by atoms with Gasteiger partial charge in [0.25, 0.3) is 0 Å². The standard InChI is InChI=1S/C22H28N2O2/c1-17-12-20(16-24(14-17)15-19-10-6-3-7-11-19)23-21(22(25)26)13-18-8-4-2-5-9-18/h2-11,17,20-21,23H,12-16H2,1H3,(H,25,26)/t17?,20?,21-/m1/s1. The van der Waals surface area contributed by atoms with Crippen LogP contribution in [-0.4, -0.2) is 41.1 Å². The van der Waals surface area contributed by atoms with Crippen molar-refractivity contribution in [2.24, 2.45) is 5.92 Å². The summed E-state index contributed by atoms with van der Waals surface area (Å²) in [4.78, 5) is 14.2. The van der Waals surface area contributed by atoms with Gasteiger partial charge in [-0.05, 0) is 29.9 Å². The topological polar surface area (TPSA) is 52.6 Å². The molecule has 26 heavy (non-hydrogen) atoms. The number of hydrogen-bond acceptors (Lipinski definition) is 3. The minimum Gasteiger partial charge on any atom is -0.480 e. The first kappa shape index (κ1) is 18.6. The molecule has 3 atom stereocenters. The van der Waals surface area contributed by atoms with Crippen molar-refractivity contribution in [2.45, 2.75) is 38.4 Å². The van der Waals surface area contributed by atoms with Crippen molar-refractivity contribution in [1.82, 2.24) is 10.2 Å². The first-order chi connectivity index (χ1) is 12.6. The monoisotopic (exact) mass is 352 g/mol. The summed E-state index contributed by atoms with van der Waals surface area (Å²) in [6.45, 7) is 5.11. The molecule has 1 heterocycles. The molecule has 3 rings (SSSR count). The number of aliphatic carboxylic acids is 1. The second-order valence-electron chi connectivity index (χ2n) is 7.46. The Hall–Kier alpha value is -2.17. The molecule has 0 aliphatic carbocycles. The number of carboxylic acid groups (broad SMARTS) is 1. The van der Waals surface area contributed by atoms with Crippen molar-refractivity contribution < 1.29 is 9.90 Å². The largest absolute Gasteiger partial charge is 0.480 e. The van der Waals surface area contributed by atoms with Gasteiger partial charge in [0.05, 0.1) is 0 Å². The van der Waals surface area contributed by atoms with Crippen LogP contribution in [0.4, 0.5) is 0 Å². The van der Waals surface area contributed by atoms with Crippen molar-refractivity contribution in [3.05, 3.63) is 71.8 Å². The van der Waals surface area contributed by atoms with Crippen molar-refractivity contribution in [3.8, 4) is 0 Å². The Bertz CT molecular complexity index is 690. The van der Waals surface area contributed by atoms with E-state index in [9.17, 15) is 9.90 Å². The predicted octanol–water partition coefficient (Wildman–Crippen LogP) is 3.18. The van der Waals surface area contributed by atoms with Crippen LogP contribution in [0.1, 0.15) is 24.5 Å². The summed E-state index contributed by atoms with van der Waals surface area (Å²) < 4.78 is 0. The van der Waals surface area contributed by atoms with Crippen LogP contribution in [0.25, 0.3) is 0 Å². The zero-order chi connectivity index (χ0) is 18.4. The average Bonchev–Trinajstić information content (AvgIpc) is 2.62. The van der Waals surface area contributed by atoms with Gasteiger partial charge in [-0.3, -0.25) is 9.69 Å². The summed E-state index contributed by atoms with van der Waals surface area (Å²) in [7, 11) is 0. The Morgan fingerprint density at radius 3 is 2.31 bits per heavy atom. The van der Waals surface area contributed by atoms with E-state index in [1.165, 1.54) is 5.56 Å². The number of carboxylic acids is 1. The van der Waals surface area contributed by atoms with Gasteiger partial charge in [0.1, 0.15) is 6.04 Å². The summed E-state index contributed by atoms with van der Waals surface area (Å²) in [6, 6.07) is 20.0. The summed E-state index contributed by atoms with van der Waals surface area (Å²) in [6.07, 6.45) is 1.53. The maximum absolute atomic E-state index is 11.8. The van der Waals surface area contributed by atoms with Crippen LogP contribution in [0.5, 0.6) is 0 Å². The molecule has 2 N–H and O–H groups in total. The lowest BCUT2D eigenvalue weighted by Crippen LogP contribution is -2.53. The second-order valence-corrected chi connectivity index (χ2v) is 7.46. The van der Waals surface area contributed by atoms with Crippen LogP contribution in [0, 0.1) is 5.92 Å². The smallest absolute Gasteiger partial charge is 0.321 e. The number of piperidine rings is 1. The minimum atomic E-state index is -0.776. The van der Waals surface area contributed by atoms with E-state index >= 15 is 0 Å². The Balaban J connectivity index is 1.61. The fourth-order valence-corrected chi connectivity index (χ4v) is 3.91. The van der Waals surface area contributed by atoms with E-state index in [0.29, 0.717) is 12.3 Å². The molecule has 1 aliphatic heterocycles. The predicted molar refractivity (Wildman–Crippen MR) is 104 cm³/mol. The zero-order valence-corrected chi connectivity index (χ0v) is 15.3. The quantitative estimate of drug-likeness (QED) is 0.804. The lowest BCUT2D eigenvalue weighted by molar-refractivity contribution is -0.139. The number of nitrogens with zero attached hydrogens (tertiary/aromatic N) is 1. The molecule has 1 aliphatic rings. The third kappa shape index (κ3) is 5.41. The fraction of sp³-hybridized carbons (Fsp3) is 0.409. The number of carbonyl (C=O) groups is 1. The number of rotatable bonds is 7. The summed E-state index contributed by atoms with van der Waals surface area (Å²) in [5.41, 5.74) is 2.36. The maximum Gasteiger partial charge on any atom is 0.321 e. The van der Waals surface area contributed by atoms with Gasteiger partial charge in [0, 0.05) is 25.7 Å². The molecule has 138 valence electrons. The molecule has 0 radical (unpaired) electrons. The first-order valence-corrected chi connectivity index (χ1v) is 9.39. The summed E-state index contributed by atoms with van der Waals surface area (Å²) in [5.74, 6) is -0.224. The van der Waals surface area contributed by atoms with E-state index in [1.807, 2.05) is 36.4 Å². The molecular formula is C22H28N2O2. The van der Waals surface area contributed by atoms with Gasteiger partial charge in [0.15, 0.2) is 0 Å². The van der Waals surface area contributed by atoms with Crippen molar-refractivity contribution in [3.63, 3.8) is 0 Å². The molecule has 0 bridgehead atoms. The van der Waals surface area contributed by atoms with Crippen LogP contribution in [0.2, 0.25) is 0 Å². The number of benzene rings is 2. The van der Waals surface area contributed by atoms with Crippen LogP contribution < -0.4 is 5.32 Å². The van der Waals surface area contributed by atoms with E-state index in [-0.39, 0.29) is 6.04 Å². The Morgan fingerprint density at radius 1 is 1.08 bits per heavy atom. The Labute approximate surface area is 155 Å². The molecule has 4 nitrogen and oxygen atoms in total. The molecule has 2 aromatic carbocycles. The van der Waals surface area contributed by atoms with Crippen molar-refractivity contribution in [2.75, 3.05) is 13.1 Å². The zero-order valence-electron chi connectivity index (χ0n) is 15.3. The molecular weight excluding hydrogens is 324 g/mol. The molecule has 2 unspecified atom stereocenters. The highest BCUT2D eigenvalue weighted by atomic mass is 16.4. The van der Waals surface area contributed by atoms with E-state index in [2.05, 4.69) is 41.4 Å². The highest BCUT2D eigenvalue weighted by Crippen LogP contribution is 2.19. The van der Waals surface area contributed by atoms with Crippen LogP contribution in [0.15, 0.2) is 60.7 Å². The van der Waals surface area contributed by atoms with Crippen molar-refractivity contribution in [1.29, 1.82) is 0 Å². The lowest BCUT2D eigenvalue weighted by atomic mass is 9.94. The molecule has 2 aromatic rings. The molecule has 1 fully saturated rings. The number of hydrogen-bond donors (Lipinski definition) is 2. The van der Waals surface area contributed by atoms with E-state index in [0.717, 1.165) is 31.6 Å². The van der Waals surface area contributed by atoms with E-state index in [1.54, 1.807) is 0 Å². The molecule has 0 amide bonds. The number of nitrogens with one attached hydrogen (secondary N) is 1. The average molecular weight is 352 g/mol. The highest BCUT2D eigenvalue weighted by Gasteiger charge is 2.28. The number of likely N-dealkylation sites (tertiary alicyclic amines) is 1. The van der Waals surface area contributed by atoms with Gasteiger partial charge in [-0.25, -0.2) is 0 Å². The minimum absolute atomic E-state index is 0.201.